The van der Waals surface area contributed by atoms with E-state index in [1.54, 1.807) is 127 Å². The molecule has 220 valence electrons. The summed E-state index contributed by atoms with van der Waals surface area (Å²) in [4.78, 5) is 14.9. The quantitative estimate of drug-likeness (QED) is 0.117. The molecule has 11 heteroatoms. The first-order valence-electron chi connectivity index (χ1n) is 12.6. The maximum absolute atomic E-state index is 13.7. The van der Waals surface area contributed by atoms with Crippen molar-refractivity contribution in [1.82, 2.24) is 0 Å². The van der Waals surface area contributed by atoms with Gasteiger partial charge in [0.05, 0.1) is 5.02 Å². The van der Waals surface area contributed by atoms with Crippen LogP contribution in [-0.2, 0) is 13.7 Å². The summed E-state index contributed by atoms with van der Waals surface area (Å²) < 4.78 is 71.4. The van der Waals surface area contributed by atoms with Crippen molar-refractivity contribution >= 4 is 49.6 Å². The predicted octanol–water partition coefficient (Wildman–Crippen LogP) is 9.79. The van der Waals surface area contributed by atoms with E-state index in [0.717, 1.165) is 0 Å². The maximum Gasteiger partial charge on any atom is 0.524 e. The van der Waals surface area contributed by atoms with Crippen LogP contribution in [-0.4, -0.2) is 19.7 Å². The van der Waals surface area contributed by atoms with E-state index < -0.39 is 25.9 Å². The number of hydrogen-bond donors (Lipinski definition) is 0. The monoisotopic (exact) mass is 658 g/mol. The van der Waals surface area contributed by atoms with Crippen molar-refractivity contribution in [2.75, 3.05) is 0 Å². The Morgan fingerprint density at radius 3 is 1.63 bits per heavy atom. The van der Waals surface area contributed by atoms with Gasteiger partial charge in [-0.25, -0.2) is 0 Å². The molecule has 0 heterocycles. The van der Waals surface area contributed by atoms with Gasteiger partial charge in [0.15, 0.2) is 5.78 Å². The minimum Gasteiger partial charge on any atom is -0.289 e. The van der Waals surface area contributed by atoms with Gasteiger partial charge in [0, 0.05) is 35.6 Å². The lowest BCUT2D eigenvalue weighted by molar-refractivity contribution is -0.0496. The molecule has 0 N–H and O–H groups in total. The van der Waals surface area contributed by atoms with Crippen molar-refractivity contribution in [2.45, 2.75) is 30.0 Å². The molecule has 0 aromatic heterocycles. The summed E-state index contributed by atoms with van der Waals surface area (Å²) >= 11 is 7.81. The van der Waals surface area contributed by atoms with Gasteiger partial charge in [-0.2, -0.15) is 25.2 Å². The zero-order chi connectivity index (χ0) is 30.7. The van der Waals surface area contributed by atoms with Gasteiger partial charge in [-0.1, -0.05) is 90.1 Å². The molecule has 5 aromatic carbocycles. The van der Waals surface area contributed by atoms with Crippen LogP contribution in [0.15, 0.2) is 158 Å². The molecule has 4 nitrogen and oxygen atoms in total. The first-order chi connectivity index (χ1) is 20.5. The van der Waals surface area contributed by atoms with E-state index in [0.29, 0.717) is 25.9 Å². The van der Waals surface area contributed by atoms with Crippen molar-refractivity contribution in [3.05, 3.63) is 150 Å². The molecule has 0 aliphatic carbocycles. The normalized spacial score (nSPS) is 12.6. The lowest BCUT2D eigenvalue weighted by Crippen LogP contribution is -2.27. The second-order valence-electron chi connectivity index (χ2n) is 9.06. The molecular formula is C32H22ClF3O4S3. The van der Waals surface area contributed by atoms with Crippen LogP contribution in [0, 0.1) is 0 Å². The topological polar surface area (TPSA) is 60.4 Å². The lowest BCUT2D eigenvalue weighted by Gasteiger charge is -2.39. The number of carbonyl (C=O) groups is 1. The van der Waals surface area contributed by atoms with Crippen LogP contribution in [0.1, 0.15) is 15.9 Å². The van der Waals surface area contributed by atoms with E-state index in [9.17, 15) is 26.4 Å². The van der Waals surface area contributed by atoms with Crippen LogP contribution in [0.2, 0.25) is 5.02 Å². The van der Waals surface area contributed by atoms with Gasteiger partial charge in [0.1, 0.15) is 0 Å². The molecular weight excluding hydrogens is 637 g/mol. The van der Waals surface area contributed by atoms with Crippen LogP contribution in [0.4, 0.5) is 13.2 Å². The van der Waals surface area contributed by atoms with Gasteiger partial charge >= 0.3 is 15.6 Å². The molecule has 5 rings (SSSR count). The molecule has 5 aromatic rings. The number of halogens is 4. The number of carbonyl (C=O) groups excluding carboxylic acids is 1. The van der Waals surface area contributed by atoms with Crippen LogP contribution < -0.4 is 0 Å². The molecule has 0 spiro atoms. The smallest absolute Gasteiger partial charge is 0.289 e. The minimum atomic E-state index is -6.01. The summed E-state index contributed by atoms with van der Waals surface area (Å²) in [7, 11) is -9.40. The van der Waals surface area contributed by atoms with Gasteiger partial charge in [0.2, 0.25) is 0 Å². The summed E-state index contributed by atoms with van der Waals surface area (Å²) in [6, 6.07) is 36.3. The summed E-state index contributed by atoms with van der Waals surface area (Å²) in [5.41, 5.74) is -4.67. The molecule has 0 amide bonds. The van der Waals surface area contributed by atoms with Crippen molar-refractivity contribution in [3.8, 4) is 0 Å². The highest BCUT2D eigenvalue weighted by molar-refractivity contribution is 8.33. The third kappa shape index (κ3) is 6.53. The van der Waals surface area contributed by atoms with E-state index in [1.807, 2.05) is 6.07 Å². The highest BCUT2D eigenvalue weighted by Gasteiger charge is 2.52. The Balaban J connectivity index is 1.53. The van der Waals surface area contributed by atoms with Crippen LogP contribution in [0.5, 0.6) is 0 Å². The van der Waals surface area contributed by atoms with Gasteiger partial charge in [0.25, 0.3) is 0 Å². The van der Waals surface area contributed by atoms with Gasteiger partial charge in [-0.05, 0) is 77.0 Å². The van der Waals surface area contributed by atoms with Crippen molar-refractivity contribution < 1.29 is 30.0 Å². The average molecular weight is 659 g/mol. The van der Waals surface area contributed by atoms with E-state index in [4.69, 9.17) is 15.2 Å². The molecule has 0 saturated carbocycles. The van der Waals surface area contributed by atoms with E-state index in [2.05, 4.69) is 0 Å². The number of benzene rings is 5. The Kier molecular flexibility index (Phi) is 9.05. The first kappa shape index (κ1) is 30.9. The van der Waals surface area contributed by atoms with Crippen LogP contribution >= 0.6 is 33.7 Å². The highest BCUT2D eigenvalue weighted by atomic mass is 35.5. The lowest BCUT2D eigenvalue weighted by atomic mass is 10.0. The van der Waals surface area contributed by atoms with E-state index >= 15 is 0 Å². The average Bonchev–Trinajstić information content (AvgIpc) is 3.01. The van der Waals surface area contributed by atoms with Crippen molar-refractivity contribution in [1.29, 1.82) is 0 Å². The number of rotatable bonds is 9. The summed E-state index contributed by atoms with van der Waals surface area (Å²) in [5.74, 6) is -0.168. The second-order valence-corrected chi connectivity index (χ2v) is 15.0. The minimum absolute atomic E-state index is 0.168. The fraction of sp³-hybridized carbons (Fsp3) is 0.0312. The van der Waals surface area contributed by atoms with E-state index in [-0.39, 0.29) is 20.5 Å². The van der Waals surface area contributed by atoms with Gasteiger partial charge < -0.3 is 0 Å². The third-order valence-electron chi connectivity index (χ3n) is 6.24. The van der Waals surface area contributed by atoms with Crippen molar-refractivity contribution in [3.63, 3.8) is 0 Å². The molecule has 0 atom stereocenters. The largest absolute Gasteiger partial charge is 0.524 e. The van der Waals surface area contributed by atoms with Gasteiger partial charge in [-0.15, -0.1) is 0 Å². The van der Waals surface area contributed by atoms with Crippen molar-refractivity contribution in [2.24, 2.45) is 0 Å². The third-order valence-corrected chi connectivity index (χ3v) is 12.7. The summed E-state index contributed by atoms with van der Waals surface area (Å²) in [6.45, 7) is 0. The zero-order valence-corrected chi connectivity index (χ0v) is 25.3. The Morgan fingerprint density at radius 1 is 0.651 bits per heavy atom. The molecule has 0 radical (unpaired) electrons. The molecule has 0 unspecified atom stereocenters. The first-order valence-corrected chi connectivity index (χ1v) is 16.8. The maximum atomic E-state index is 13.7. The molecule has 0 bridgehead atoms. The number of alkyl halides is 3. The molecule has 43 heavy (non-hydrogen) atoms. The van der Waals surface area contributed by atoms with Crippen LogP contribution in [0.25, 0.3) is 0 Å². The number of ketones is 1. The van der Waals surface area contributed by atoms with E-state index in [1.165, 1.54) is 11.8 Å². The predicted molar refractivity (Wildman–Crippen MR) is 163 cm³/mol. The SMILES string of the molecule is O=C(c1ccccc1)c1ccc(Sc2ccc(S(OS(=O)(=O)C(F)(F)F)(c3ccccc3)c3ccccc3)cc2)c(Cl)c1. The number of hydrogen-bond acceptors (Lipinski definition) is 5. The zero-order valence-electron chi connectivity index (χ0n) is 22.1. The Bertz CT molecular complexity index is 1800. The highest BCUT2D eigenvalue weighted by Crippen LogP contribution is 2.70. The molecule has 0 saturated heterocycles. The van der Waals surface area contributed by atoms with Gasteiger partial charge in [-0.3, -0.25) is 4.79 Å². The molecule has 0 aliphatic rings. The fourth-order valence-electron chi connectivity index (χ4n) is 4.23. The Morgan fingerprint density at radius 2 is 1.14 bits per heavy atom. The summed E-state index contributed by atoms with van der Waals surface area (Å²) in [6.07, 6.45) is 0. The Labute approximate surface area is 258 Å². The second kappa shape index (κ2) is 12.6. The molecule has 0 aliphatic heterocycles. The van der Waals surface area contributed by atoms with Crippen LogP contribution in [0.3, 0.4) is 0 Å². The fourth-order valence-corrected chi connectivity index (χ4v) is 10.1. The standard InChI is InChI=1S/C32H22ClF3O4S3/c33-29-22-24(31(37)23-10-4-1-5-11-23)16-21-30(29)41-25-17-19-28(20-18-25)42(26-12-6-2-7-13-26,27-14-8-3-9-15-27)40-43(38,39)32(34,35)36/h1-22H. The molecule has 0 fully saturated rings. The Hall–Kier alpha value is -3.54. The summed E-state index contributed by atoms with van der Waals surface area (Å²) in [5, 5.41) is 0.351.